The summed E-state index contributed by atoms with van der Waals surface area (Å²) in [5.41, 5.74) is 1.76. The summed E-state index contributed by atoms with van der Waals surface area (Å²) in [5, 5.41) is 2.64. The molecule has 0 aliphatic rings. The molecule has 0 unspecified atom stereocenters. The average molecular weight is 406 g/mol. The van der Waals surface area contributed by atoms with E-state index in [9.17, 15) is 14.0 Å². The van der Waals surface area contributed by atoms with Gasteiger partial charge in [0.1, 0.15) is 5.82 Å². The van der Waals surface area contributed by atoms with Crippen molar-refractivity contribution in [3.8, 4) is 0 Å². The number of nitrogens with one attached hydrogen (secondary N) is 1. The van der Waals surface area contributed by atoms with Gasteiger partial charge in [0.2, 0.25) is 0 Å². The standard InChI is InChI=1S/C19H17BrFNO3/c20-16-3-1-2-15(12-16)6-9-19(24)25-13-18(23)22-11-10-14-4-7-17(21)8-5-14/h1-9,12H,10-11,13H2,(H,22,23)/b9-6+. The van der Waals surface area contributed by atoms with Crippen LogP contribution in [-0.2, 0) is 20.7 Å². The van der Waals surface area contributed by atoms with Gasteiger partial charge in [-0.05, 0) is 47.9 Å². The number of hydrogen-bond acceptors (Lipinski definition) is 3. The molecule has 2 aromatic rings. The Bertz CT molecular complexity index is 760. The van der Waals surface area contributed by atoms with Crippen LogP contribution in [0.5, 0.6) is 0 Å². The topological polar surface area (TPSA) is 55.4 Å². The highest BCUT2D eigenvalue weighted by Gasteiger charge is 2.05. The van der Waals surface area contributed by atoms with Gasteiger partial charge in [-0.1, -0.05) is 40.2 Å². The van der Waals surface area contributed by atoms with Crippen LogP contribution in [0.25, 0.3) is 6.08 Å². The highest BCUT2D eigenvalue weighted by Crippen LogP contribution is 2.12. The van der Waals surface area contributed by atoms with Crippen molar-refractivity contribution >= 4 is 33.9 Å². The fourth-order valence-electron chi connectivity index (χ4n) is 2.01. The van der Waals surface area contributed by atoms with Gasteiger partial charge in [-0.15, -0.1) is 0 Å². The van der Waals surface area contributed by atoms with Gasteiger partial charge in [0, 0.05) is 17.1 Å². The van der Waals surface area contributed by atoms with E-state index in [0.29, 0.717) is 13.0 Å². The Morgan fingerprint density at radius 1 is 1.16 bits per heavy atom. The molecule has 1 amide bonds. The predicted octanol–water partition coefficient (Wildman–Crippen LogP) is 3.50. The Morgan fingerprint density at radius 2 is 1.92 bits per heavy atom. The van der Waals surface area contributed by atoms with E-state index in [-0.39, 0.29) is 18.3 Å². The molecule has 2 aromatic carbocycles. The summed E-state index contributed by atoms with van der Waals surface area (Å²) >= 11 is 3.34. The van der Waals surface area contributed by atoms with Crippen molar-refractivity contribution in [1.29, 1.82) is 0 Å². The first-order chi connectivity index (χ1) is 12.0. The molecule has 1 N–H and O–H groups in total. The van der Waals surface area contributed by atoms with Crippen molar-refractivity contribution in [2.24, 2.45) is 0 Å². The number of hydrogen-bond donors (Lipinski definition) is 1. The summed E-state index contributed by atoms with van der Waals surface area (Å²) in [6.45, 7) is 0.0426. The monoisotopic (exact) mass is 405 g/mol. The van der Waals surface area contributed by atoms with E-state index in [4.69, 9.17) is 4.74 Å². The molecule has 0 saturated heterocycles. The van der Waals surface area contributed by atoms with Gasteiger partial charge in [-0.25, -0.2) is 9.18 Å². The molecule has 0 heterocycles. The highest BCUT2D eigenvalue weighted by atomic mass is 79.9. The summed E-state index contributed by atoms with van der Waals surface area (Å²) in [5.74, 6) is -1.27. The van der Waals surface area contributed by atoms with Crippen LogP contribution in [0.3, 0.4) is 0 Å². The molecule has 6 heteroatoms. The van der Waals surface area contributed by atoms with E-state index in [1.807, 2.05) is 24.3 Å². The summed E-state index contributed by atoms with van der Waals surface area (Å²) in [7, 11) is 0. The first-order valence-electron chi connectivity index (χ1n) is 7.64. The van der Waals surface area contributed by atoms with Crippen LogP contribution in [0.15, 0.2) is 59.1 Å². The second kappa shape index (κ2) is 9.74. The van der Waals surface area contributed by atoms with Crippen LogP contribution in [0, 0.1) is 5.82 Å². The zero-order chi connectivity index (χ0) is 18.1. The van der Waals surface area contributed by atoms with Crippen LogP contribution < -0.4 is 5.32 Å². The molecule has 0 saturated carbocycles. The fourth-order valence-corrected chi connectivity index (χ4v) is 2.42. The van der Waals surface area contributed by atoms with E-state index < -0.39 is 5.97 Å². The lowest BCUT2D eigenvalue weighted by Crippen LogP contribution is -2.30. The lowest BCUT2D eigenvalue weighted by molar-refractivity contribution is -0.143. The number of carbonyl (C=O) groups is 2. The molecule has 0 aromatic heterocycles. The molecular formula is C19H17BrFNO3. The summed E-state index contributed by atoms with van der Waals surface area (Å²) in [6.07, 6.45) is 3.45. The van der Waals surface area contributed by atoms with Gasteiger partial charge < -0.3 is 10.1 Å². The minimum absolute atomic E-state index is 0.296. The molecule has 4 nitrogen and oxygen atoms in total. The van der Waals surface area contributed by atoms with Crippen LogP contribution in [0.1, 0.15) is 11.1 Å². The quantitative estimate of drug-likeness (QED) is 0.566. The number of rotatable bonds is 7. The van der Waals surface area contributed by atoms with Crippen LogP contribution in [-0.4, -0.2) is 25.0 Å². The minimum atomic E-state index is -0.589. The highest BCUT2D eigenvalue weighted by molar-refractivity contribution is 9.10. The second-order valence-corrected chi connectivity index (χ2v) is 6.14. The van der Waals surface area contributed by atoms with Gasteiger partial charge in [0.05, 0.1) is 0 Å². The van der Waals surface area contributed by atoms with Gasteiger partial charge in [-0.2, -0.15) is 0 Å². The summed E-state index contributed by atoms with van der Waals surface area (Å²) < 4.78 is 18.6. The Kier molecular flexibility index (Phi) is 7.35. The Balaban J connectivity index is 1.67. The first-order valence-corrected chi connectivity index (χ1v) is 8.44. The lowest BCUT2D eigenvalue weighted by Gasteiger charge is -2.05. The number of benzene rings is 2. The molecule has 0 bridgehead atoms. The van der Waals surface area contributed by atoms with E-state index >= 15 is 0 Å². The lowest BCUT2D eigenvalue weighted by atomic mass is 10.1. The maximum Gasteiger partial charge on any atom is 0.331 e. The number of carbonyl (C=O) groups excluding carboxylic acids is 2. The number of halogens is 2. The van der Waals surface area contributed by atoms with Gasteiger partial charge >= 0.3 is 5.97 Å². The van der Waals surface area contributed by atoms with E-state index in [1.54, 1.807) is 18.2 Å². The van der Waals surface area contributed by atoms with Crippen LogP contribution in [0.2, 0.25) is 0 Å². The predicted molar refractivity (Wildman–Crippen MR) is 97.2 cm³/mol. The van der Waals surface area contributed by atoms with Crippen molar-refractivity contribution in [3.63, 3.8) is 0 Å². The van der Waals surface area contributed by atoms with Crippen LogP contribution >= 0.6 is 15.9 Å². The zero-order valence-electron chi connectivity index (χ0n) is 13.4. The molecule has 0 atom stereocenters. The van der Waals surface area contributed by atoms with E-state index in [1.165, 1.54) is 18.2 Å². The van der Waals surface area contributed by atoms with E-state index in [0.717, 1.165) is 15.6 Å². The molecule has 2 rings (SSSR count). The average Bonchev–Trinajstić information content (AvgIpc) is 2.60. The molecule has 0 spiro atoms. The zero-order valence-corrected chi connectivity index (χ0v) is 15.0. The van der Waals surface area contributed by atoms with Gasteiger partial charge in [0.25, 0.3) is 5.91 Å². The normalized spacial score (nSPS) is 10.6. The van der Waals surface area contributed by atoms with Crippen molar-refractivity contribution in [3.05, 3.63) is 76.0 Å². The number of amides is 1. The Labute approximate surface area is 153 Å². The molecule has 0 fully saturated rings. The Morgan fingerprint density at radius 3 is 2.64 bits per heavy atom. The van der Waals surface area contributed by atoms with Crippen LogP contribution in [0.4, 0.5) is 4.39 Å². The molecule has 0 aliphatic heterocycles. The third-order valence-corrected chi connectivity index (χ3v) is 3.75. The van der Waals surface area contributed by atoms with Gasteiger partial charge in [-0.3, -0.25) is 4.79 Å². The molecular weight excluding hydrogens is 389 g/mol. The molecule has 130 valence electrons. The van der Waals surface area contributed by atoms with Gasteiger partial charge in [0.15, 0.2) is 6.61 Å². The van der Waals surface area contributed by atoms with Crippen molar-refractivity contribution < 1.29 is 18.7 Å². The third-order valence-electron chi connectivity index (χ3n) is 3.26. The molecule has 0 aliphatic carbocycles. The Hall–Kier alpha value is -2.47. The first kappa shape index (κ1) is 18.9. The van der Waals surface area contributed by atoms with Crippen molar-refractivity contribution in [2.75, 3.05) is 13.2 Å². The number of ether oxygens (including phenoxy) is 1. The SMILES string of the molecule is O=C(COC(=O)/C=C/c1cccc(Br)c1)NCCc1ccc(F)cc1. The van der Waals surface area contributed by atoms with E-state index in [2.05, 4.69) is 21.2 Å². The van der Waals surface area contributed by atoms with Crippen molar-refractivity contribution in [2.45, 2.75) is 6.42 Å². The maximum atomic E-state index is 12.8. The third kappa shape index (κ3) is 7.30. The number of esters is 1. The minimum Gasteiger partial charge on any atom is -0.452 e. The second-order valence-electron chi connectivity index (χ2n) is 5.22. The fraction of sp³-hybridized carbons (Fsp3) is 0.158. The molecule has 0 radical (unpaired) electrons. The maximum absolute atomic E-state index is 12.8. The summed E-state index contributed by atoms with van der Waals surface area (Å²) in [4.78, 5) is 23.2. The summed E-state index contributed by atoms with van der Waals surface area (Å²) in [6, 6.07) is 13.5. The smallest absolute Gasteiger partial charge is 0.331 e. The largest absolute Gasteiger partial charge is 0.452 e. The van der Waals surface area contributed by atoms with Crippen molar-refractivity contribution in [1.82, 2.24) is 5.32 Å². The molecule has 25 heavy (non-hydrogen) atoms.